The van der Waals surface area contributed by atoms with Gasteiger partial charge in [-0.25, -0.2) is 14.4 Å². The summed E-state index contributed by atoms with van der Waals surface area (Å²) in [5.74, 6) is -2.23. The molecular weight excluding hydrogens is 416 g/mol. The molecule has 1 N–H and O–H groups in total. The van der Waals surface area contributed by atoms with E-state index in [9.17, 15) is 13.6 Å². The number of hydrogen-bond donors (Lipinski definition) is 1. The lowest BCUT2D eigenvalue weighted by molar-refractivity contribution is 0.112. The molecule has 2 aromatic carbocycles. The summed E-state index contributed by atoms with van der Waals surface area (Å²) in [7, 11) is 0. The minimum atomic E-state index is -1.18. The highest BCUT2D eigenvalue weighted by Gasteiger charge is 2.20. The Morgan fingerprint density at radius 2 is 2.03 bits per heavy atom. The van der Waals surface area contributed by atoms with Crippen LogP contribution in [0.4, 0.5) is 20.3 Å². The first kappa shape index (κ1) is 20.9. The number of fused-ring (bicyclic) bond motifs is 1. The number of imidazole rings is 1. The number of aromatic nitrogens is 3. The van der Waals surface area contributed by atoms with Gasteiger partial charge in [-0.05, 0) is 49.7 Å². The van der Waals surface area contributed by atoms with Crippen LogP contribution in [0.5, 0.6) is 5.75 Å². The van der Waals surface area contributed by atoms with Crippen LogP contribution < -0.4 is 10.1 Å². The summed E-state index contributed by atoms with van der Waals surface area (Å²) in [5.41, 5.74) is 2.77. The maximum atomic E-state index is 14.8. The first-order chi connectivity index (χ1) is 15.4. The molecule has 0 radical (unpaired) electrons. The number of halogens is 2. The maximum Gasteiger partial charge on any atom is 0.201 e. The smallest absolute Gasteiger partial charge is 0.201 e. The standard InChI is InChI=1S/C23H17F2N5O2/c1-13-9-16(4-3-15(13)12-31)29-22-23-28-11-18(30(23)8-7-27-22)17-5-6-19(21(25)20(17)24)32-14(2)10-26/h3-9,11-12,14H,1-2H3,(H,27,29). The molecule has 0 aliphatic rings. The molecule has 7 nitrogen and oxygen atoms in total. The van der Waals surface area contributed by atoms with E-state index < -0.39 is 17.7 Å². The molecule has 0 amide bonds. The van der Waals surface area contributed by atoms with Crippen LogP contribution in [-0.2, 0) is 0 Å². The number of aryl methyl sites for hydroxylation is 1. The second-order valence-electron chi connectivity index (χ2n) is 7.06. The van der Waals surface area contributed by atoms with Crippen LogP contribution in [0.1, 0.15) is 22.8 Å². The van der Waals surface area contributed by atoms with Crippen LogP contribution in [0.3, 0.4) is 0 Å². The molecule has 2 heterocycles. The van der Waals surface area contributed by atoms with Crippen LogP contribution in [0.25, 0.3) is 16.9 Å². The Kier molecular flexibility index (Phi) is 5.52. The molecule has 0 spiro atoms. The average molecular weight is 433 g/mol. The first-order valence-electron chi connectivity index (χ1n) is 9.62. The predicted octanol–water partition coefficient (Wildman–Crippen LogP) is 4.83. The summed E-state index contributed by atoms with van der Waals surface area (Å²) in [5, 5.41) is 12.0. The molecule has 9 heteroatoms. The molecule has 32 heavy (non-hydrogen) atoms. The lowest BCUT2D eigenvalue weighted by Crippen LogP contribution is -2.10. The first-order valence-corrected chi connectivity index (χ1v) is 9.62. The highest BCUT2D eigenvalue weighted by molar-refractivity contribution is 5.80. The molecule has 1 atom stereocenters. The molecular formula is C23H17F2N5O2. The molecule has 0 saturated heterocycles. The van der Waals surface area contributed by atoms with Crippen molar-refractivity contribution in [3.05, 3.63) is 71.7 Å². The number of nitriles is 1. The Bertz CT molecular complexity index is 1380. The van der Waals surface area contributed by atoms with E-state index in [1.807, 2.05) is 6.92 Å². The summed E-state index contributed by atoms with van der Waals surface area (Å²) in [6.07, 6.45) is 4.37. The van der Waals surface area contributed by atoms with Gasteiger partial charge in [0.25, 0.3) is 0 Å². The van der Waals surface area contributed by atoms with E-state index in [1.165, 1.54) is 31.5 Å². The van der Waals surface area contributed by atoms with Gasteiger partial charge < -0.3 is 10.1 Å². The summed E-state index contributed by atoms with van der Waals surface area (Å²) < 4.78 is 36.0. The SMILES string of the molecule is Cc1cc(Nc2nccn3c(-c4ccc(OC(C)C#N)c(F)c4F)cnc23)ccc1C=O. The van der Waals surface area contributed by atoms with Crippen LogP contribution in [0.15, 0.2) is 48.9 Å². The Hall–Kier alpha value is -4.32. The Labute approximate surface area is 181 Å². The summed E-state index contributed by atoms with van der Waals surface area (Å²) in [4.78, 5) is 19.6. The largest absolute Gasteiger partial charge is 0.473 e. The fraction of sp³-hybridized carbons (Fsp3) is 0.130. The molecule has 0 aliphatic carbocycles. The Morgan fingerprint density at radius 1 is 1.22 bits per heavy atom. The van der Waals surface area contributed by atoms with Crippen LogP contribution in [0.2, 0.25) is 0 Å². The van der Waals surface area contributed by atoms with Crippen molar-refractivity contribution in [2.45, 2.75) is 20.0 Å². The number of nitrogens with one attached hydrogen (secondary N) is 1. The van der Waals surface area contributed by atoms with Crippen molar-refractivity contribution in [2.24, 2.45) is 0 Å². The third-order valence-electron chi connectivity index (χ3n) is 4.90. The predicted molar refractivity (Wildman–Crippen MR) is 114 cm³/mol. The van der Waals surface area contributed by atoms with E-state index in [1.54, 1.807) is 34.9 Å². The molecule has 2 aromatic heterocycles. The van der Waals surface area contributed by atoms with Crippen LogP contribution in [-0.4, -0.2) is 26.8 Å². The van der Waals surface area contributed by atoms with Crippen molar-refractivity contribution in [1.29, 1.82) is 5.26 Å². The molecule has 0 bridgehead atoms. The number of anilines is 2. The van der Waals surface area contributed by atoms with E-state index in [2.05, 4.69) is 15.3 Å². The Balaban J connectivity index is 1.72. The number of benzene rings is 2. The number of aldehydes is 1. The highest BCUT2D eigenvalue weighted by Crippen LogP contribution is 2.32. The molecule has 0 fully saturated rings. The van der Waals surface area contributed by atoms with Crippen molar-refractivity contribution >= 4 is 23.4 Å². The van der Waals surface area contributed by atoms with E-state index >= 15 is 0 Å². The molecule has 1 unspecified atom stereocenters. The minimum Gasteiger partial charge on any atom is -0.473 e. The van der Waals surface area contributed by atoms with Crippen molar-refractivity contribution in [2.75, 3.05) is 5.32 Å². The number of hydrogen-bond acceptors (Lipinski definition) is 6. The highest BCUT2D eigenvalue weighted by atomic mass is 19.2. The average Bonchev–Trinajstić information content (AvgIpc) is 3.22. The molecule has 160 valence electrons. The summed E-state index contributed by atoms with van der Waals surface area (Å²) >= 11 is 0. The van der Waals surface area contributed by atoms with Gasteiger partial charge in [0, 0.05) is 29.2 Å². The number of carbonyl (C=O) groups is 1. The lowest BCUT2D eigenvalue weighted by Gasteiger charge is -2.12. The van der Waals surface area contributed by atoms with E-state index in [0.29, 0.717) is 28.4 Å². The van der Waals surface area contributed by atoms with Gasteiger partial charge in [-0.3, -0.25) is 9.20 Å². The van der Waals surface area contributed by atoms with Crippen molar-refractivity contribution in [3.8, 4) is 23.1 Å². The van der Waals surface area contributed by atoms with Gasteiger partial charge in [-0.1, -0.05) is 0 Å². The third kappa shape index (κ3) is 3.74. The second kappa shape index (κ2) is 8.43. The van der Waals surface area contributed by atoms with Gasteiger partial charge in [-0.2, -0.15) is 9.65 Å². The normalized spacial score (nSPS) is 11.7. The van der Waals surface area contributed by atoms with Crippen molar-refractivity contribution in [3.63, 3.8) is 0 Å². The lowest BCUT2D eigenvalue weighted by atomic mass is 10.1. The van der Waals surface area contributed by atoms with Gasteiger partial charge in [0.1, 0.15) is 12.4 Å². The zero-order valence-corrected chi connectivity index (χ0v) is 17.1. The van der Waals surface area contributed by atoms with Gasteiger partial charge >= 0.3 is 0 Å². The summed E-state index contributed by atoms with van der Waals surface area (Å²) in [6.45, 7) is 3.25. The third-order valence-corrected chi connectivity index (χ3v) is 4.90. The Morgan fingerprint density at radius 3 is 2.75 bits per heavy atom. The quantitative estimate of drug-likeness (QED) is 0.438. The molecule has 4 aromatic rings. The van der Waals surface area contributed by atoms with E-state index in [-0.39, 0.29) is 11.3 Å². The zero-order chi connectivity index (χ0) is 22.8. The fourth-order valence-electron chi connectivity index (χ4n) is 3.27. The molecule has 0 aliphatic heterocycles. The number of ether oxygens (including phenoxy) is 1. The number of carbonyl (C=O) groups excluding carboxylic acids is 1. The van der Waals surface area contributed by atoms with Gasteiger partial charge in [-0.15, -0.1) is 0 Å². The zero-order valence-electron chi connectivity index (χ0n) is 17.1. The summed E-state index contributed by atoms with van der Waals surface area (Å²) in [6, 6.07) is 9.68. The van der Waals surface area contributed by atoms with E-state index in [0.717, 1.165) is 11.8 Å². The number of nitrogens with zero attached hydrogens (tertiary/aromatic N) is 4. The van der Waals surface area contributed by atoms with Gasteiger partial charge in [0.05, 0.1) is 11.9 Å². The van der Waals surface area contributed by atoms with Crippen LogP contribution in [0, 0.1) is 29.9 Å². The maximum absolute atomic E-state index is 14.8. The topological polar surface area (TPSA) is 92.3 Å². The molecule has 4 rings (SSSR count). The monoisotopic (exact) mass is 433 g/mol. The van der Waals surface area contributed by atoms with Gasteiger partial charge in [0.2, 0.25) is 5.82 Å². The molecule has 0 saturated carbocycles. The van der Waals surface area contributed by atoms with Crippen LogP contribution >= 0.6 is 0 Å². The van der Waals surface area contributed by atoms with E-state index in [4.69, 9.17) is 10.00 Å². The minimum absolute atomic E-state index is 0.0182. The second-order valence-corrected chi connectivity index (χ2v) is 7.06. The van der Waals surface area contributed by atoms with Crippen molar-refractivity contribution in [1.82, 2.24) is 14.4 Å². The fourth-order valence-corrected chi connectivity index (χ4v) is 3.27. The number of rotatable bonds is 6. The van der Waals surface area contributed by atoms with Crippen molar-refractivity contribution < 1.29 is 18.3 Å². The van der Waals surface area contributed by atoms with Gasteiger partial charge in [0.15, 0.2) is 29.1 Å².